The number of benzene rings is 2. The topological polar surface area (TPSA) is 66.6 Å². The molecule has 0 aliphatic carbocycles. The molecule has 4 heteroatoms. The number of carboxylic acids is 1. The van der Waals surface area contributed by atoms with Gasteiger partial charge in [0.2, 0.25) is 0 Å². The summed E-state index contributed by atoms with van der Waals surface area (Å²) in [6, 6.07) is 17.5. The Kier molecular flexibility index (Phi) is 6.78. The van der Waals surface area contributed by atoms with Crippen LogP contribution in [0.2, 0.25) is 0 Å². The first-order chi connectivity index (χ1) is 11.2. The maximum Gasteiger partial charge on any atom is 0.335 e. The molecule has 0 fully saturated rings. The summed E-state index contributed by atoms with van der Waals surface area (Å²) in [6.07, 6.45) is 2.08. The molecule has 0 saturated heterocycles. The van der Waals surface area contributed by atoms with E-state index in [1.165, 1.54) is 5.56 Å². The number of hydrogen-bond acceptors (Lipinski definition) is 3. The molecule has 0 bridgehead atoms. The predicted octanol–water partition coefficient (Wildman–Crippen LogP) is 3.13. The van der Waals surface area contributed by atoms with Crippen molar-refractivity contribution in [3.8, 4) is 0 Å². The van der Waals surface area contributed by atoms with Gasteiger partial charge in [0.25, 0.3) is 0 Å². The van der Waals surface area contributed by atoms with Crippen LogP contribution in [0, 0.1) is 0 Å². The van der Waals surface area contributed by atoms with Gasteiger partial charge in [0.05, 0.1) is 5.56 Å². The van der Waals surface area contributed by atoms with Crippen molar-refractivity contribution in [2.45, 2.75) is 25.9 Å². The van der Waals surface area contributed by atoms with Gasteiger partial charge < -0.3 is 10.8 Å². The molecule has 0 unspecified atom stereocenters. The van der Waals surface area contributed by atoms with Gasteiger partial charge in [0.15, 0.2) is 0 Å². The van der Waals surface area contributed by atoms with E-state index in [0.717, 1.165) is 38.0 Å². The third kappa shape index (κ3) is 5.85. The lowest BCUT2D eigenvalue weighted by atomic mass is 10.1. The number of carboxylic acid groups (broad SMARTS) is 1. The van der Waals surface area contributed by atoms with Crippen molar-refractivity contribution in [1.82, 2.24) is 4.90 Å². The fourth-order valence-electron chi connectivity index (χ4n) is 2.55. The van der Waals surface area contributed by atoms with E-state index in [1.807, 2.05) is 18.2 Å². The summed E-state index contributed by atoms with van der Waals surface area (Å²) in [5.74, 6) is -0.888. The highest BCUT2D eigenvalue weighted by molar-refractivity contribution is 5.87. The van der Waals surface area contributed by atoms with E-state index in [9.17, 15) is 4.79 Å². The molecule has 0 radical (unpaired) electrons. The first kappa shape index (κ1) is 17.2. The van der Waals surface area contributed by atoms with Crippen LogP contribution in [0.5, 0.6) is 0 Å². The largest absolute Gasteiger partial charge is 0.478 e. The minimum atomic E-state index is -0.888. The first-order valence-corrected chi connectivity index (χ1v) is 7.97. The lowest BCUT2D eigenvalue weighted by Crippen LogP contribution is -2.24. The average molecular weight is 312 g/mol. The van der Waals surface area contributed by atoms with Crippen LogP contribution in [-0.2, 0) is 13.1 Å². The van der Waals surface area contributed by atoms with Gasteiger partial charge in [-0.05, 0) is 49.2 Å². The Balaban J connectivity index is 2.02. The Hall–Kier alpha value is -2.17. The van der Waals surface area contributed by atoms with E-state index in [2.05, 4.69) is 29.2 Å². The number of nitrogens with zero attached hydrogens (tertiary/aromatic N) is 1. The SMILES string of the molecule is NCCCCN(Cc1ccccc1)Cc1ccc(C(=O)O)cc1. The summed E-state index contributed by atoms with van der Waals surface area (Å²) in [5, 5.41) is 8.97. The molecule has 3 N–H and O–H groups in total. The molecule has 0 heterocycles. The van der Waals surface area contributed by atoms with Gasteiger partial charge >= 0.3 is 5.97 Å². The number of unbranched alkanes of at least 4 members (excludes halogenated alkanes) is 1. The summed E-state index contributed by atoms with van der Waals surface area (Å²) in [5.41, 5.74) is 8.32. The molecule has 0 atom stereocenters. The van der Waals surface area contributed by atoms with Gasteiger partial charge in [-0.2, -0.15) is 0 Å². The van der Waals surface area contributed by atoms with Crippen molar-refractivity contribution in [2.75, 3.05) is 13.1 Å². The monoisotopic (exact) mass is 312 g/mol. The van der Waals surface area contributed by atoms with Crippen LogP contribution in [-0.4, -0.2) is 29.1 Å². The summed E-state index contributed by atoms with van der Waals surface area (Å²) in [7, 11) is 0. The number of rotatable bonds is 9. The van der Waals surface area contributed by atoms with Crippen LogP contribution < -0.4 is 5.73 Å². The van der Waals surface area contributed by atoms with E-state index in [1.54, 1.807) is 12.1 Å². The van der Waals surface area contributed by atoms with Gasteiger partial charge in [-0.25, -0.2) is 4.79 Å². The smallest absolute Gasteiger partial charge is 0.335 e. The molecule has 23 heavy (non-hydrogen) atoms. The van der Waals surface area contributed by atoms with Crippen LogP contribution in [0.25, 0.3) is 0 Å². The minimum absolute atomic E-state index is 0.325. The second-order valence-corrected chi connectivity index (χ2v) is 5.69. The summed E-state index contributed by atoms with van der Waals surface area (Å²) < 4.78 is 0. The fraction of sp³-hybridized carbons (Fsp3) is 0.316. The van der Waals surface area contributed by atoms with Crippen molar-refractivity contribution in [3.63, 3.8) is 0 Å². The number of hydrogen-bond donors (Lipinski definition) is 2. The molecule has 4 nitrogen and oxygen atoms in total. The van der Waals surface area contributed by atoms with E-state index < -0.39 is 5.97 Å². The van der Waals surface area contributed by atoms with Crippen LogP contribution in [0.3, 0.4) is 0 Å². The molecule has 0 aliphatic heterocycles. The third-order valence-corrected chi connectivity index (χ3v) is 3.78. The quantitative estimate of drug-likeness (QED) is 0.698. The normalized spacial score (nSPS) is 10.9. The molecular weight excluding hydrogens is 288 g/mol. The Morgan fingerprint density at radius 2 is 1.52 bits per heavy atom. The summed E-state index contributed by atoms with van der Waals surface area (Å²) in [4.78, 5) is 13.3. The highest BCUT2D eigenvalue weighted by Gasteiger charge is 2.08. The van der Waals surface area contributed by atoms with Gasteiger partial charge in [0.1, 0.15) is 0 Å². The molecule has 2 aromatic rings. The second kappa shape index (κ2) is 9.08. The maximum atomic E-state index is 10.9. The molecule has 0 spiro atoms. The molecule has 2 aromatic carbocycles. The number of nitrogens with two attached hydrogens (primary N) is 1. The molecule has 0 amide bonds. The highest BCUT2D eigenvalue weighted by atomic mass is 16.4. The number of carbonyl (C=O) groups is 1. The van der Waals surface area contributed by atoms with Gasteiger partial charge in [0, 0.05) is 13.1 Å². The third-order valence-electron chi connectivity index (χ3n) is 3.78. The standard InChI is InChI=1S/C19H24N2O2/c20-12-4-5-13-21(14-16-6-2-1-3-7-16)15-17-8-10-18(11-9-17)19(22)23/h1-3,6-11H,4-5,12-15,20H2,(H,22,23). The Morgan fingerprint density at radius 1 is 0.913 bits per heavy atom. The predicted molar refractivity (Wildman–Crippen MR) is 92.2 cm³/mol. The Labute approximate surface area is 137 Å². The van der Waals surface area contributed by atoms with Crippen molar-refractivity contribution in [1.29, 1.82) is 0 Å². The van der Waals surface area contributed by atoms with E-state index in [4.69, 9.17) is 10.8 Å². The molecule has 0 aliphatic rings. The van der Waals surface area contributed by atoms with Gasteiger partial charge in [-0.15, -0.1) is 0 Å². The van der Waals surface area contributed by atoms with Crippen LogP contribution >= 0.6 is 0 Å². The van der Waals surface area contributed by atoms with E-state index >= 15 is 0 Å². The maximum absolute atomic E-state index is 10.9. The Morgan fingerprint density at radius 3 is 2.09 bits per heavy atom. The second-order valence-electron chi connectivity index (χ2n) is 5.69. The Bertz CT molecular complexity index is 597. The van der Waals surface area contributed by atoms with Crippen molar-refractivity contribution in [2.24, 2.45) is 5.73 Å². The molecule has 122 valence electrons. The van der Waals surface area contributed by atoms with Crippen LogP contribution in [0.15, 0.2) is 54.6 Å². The van der Waals surface area contributed by atoms with Crippen molar-refractivity contribution >= 4 is 5.97 Å². The van der Waals surface area contributed by atoms with E-state index in [-0.39, 0.29) is 0 Å². The fourth-order valence-corrected chi connectivity index (χ4v) is 2.55. The zero-order chi connectivity index (χ0) is 16.5. The summed E-state index contributed by atoms with van der Waals surface area (Å²) >= 11 is 0. The minimum Gasteiger partial charge on any atom is -0.478 e. The zero-order valence-corrected chi connectivity index (χ0v) is 13.3. The molecule has 0 saturated carbocycles. The van der Waals surface area contributed by atoms with Crippen molar-refractivity contribution < 1.29 is 9.90 Å². The van der Waals surface area contributed by atoms with Crippen molar-refractivity contribution in [3.05, 3.63) is 71.3 Å². The van der Waals surface area contributed by atoms with Crippen LogP contribution in [0.1, 0.15) is 34.3 Å². The van der Waals surface area contributed by atoms with E-state index in [0.29, 0.717) is 12.1 Å². The molecular formula is C19H24N2O2. The molecule has 0 aromatic heterocycles. The number of aromatic carboxylic acids is 1. The zero-order valence-electron chi connectivity index (χ0n) is 13.3. The van der Waals surface area contributed by atoms with Gasteiger partial charge in [-0.1, -0.05) is 42.5 Å². The summed E-state index contributed by atoms with van der Waals surface area (Å²) in [6.45, 7) is 3.38. The average Bonchev–Trinajstić information content (AvgIpc) is 2.56. The first-order valence-electron chi connectivity index (χ1n) is 7.97. The lowest BCUT2D eigenvalue weighted by molar-refractivity contribution is 0.0697. The highest BCUT2D eigenvalue weighted by Crippen LogP contribution is 2.12. The van der Waals surface area contributed by atoms with Gasteiger partial charge in [-0.3, -0.25) is 4.90 Å². The molecule has 2 rings (SSSR count). The lowest BCUT2D eigenvalue weighted by Gasteiger charge is -2.22. The van der Waals surface area contributed by atoms with Crippen LogP contribution in [0.4, 0.5) is 0 Å².